The minimum absolute atomic E-state index is 0.192. The Labute approximate surface area is 119 Å². The van der Waals surface area contributed by atoms with E-state index < -0.39 is 0 Å². The Morgan fingerprint density at radius 1 is 1.22 bits per heavy atom. The van der Waals surface area contributed by atoms with E-state index in [9.17, 15) is 4.39 Å². The van der Waals surface area contributed by atoms with Gasteiger partial charge in [-0.2, -0.15) is 0 Å². The molecule has 94 valence electrons. The van der Waals surface area contributed by atoms with Crippen molar-refractivity contribution in [3.05, 3.63) is 52.7 Å². The first-order valence-corrected chi connectivity index (χ1v) is 7.78. The summed E-state index contributed by atoms with van der Waals surface area (Å²) in [6.45, 7) is 2.15. The van der Waals surface area contributed by atoms with E-state index in [1.807, 2.05) is 12.1 Å². The third-order valence-corrected chi connectivity index (χ3v) is 4.53. The molecular formula is C15H14BrFS. The monoisotopic (exact) mass is 324 g/mol. The van der Waals surface area contributed by atoms with Crippen LogP contribution in [0.15, 0.2) is 42.0 Å². The van der Waals surface area contributed by atoms with E-state index in [-0.39, 0.29) is 5.82 Å². The molecule has 0 atom stereocenters. The van der Waals surface area contributed by atoms with E-state index in [2.05, 4.69) is 41.1 Å². The lowest BCUT2D eigenvalue weighted by molar-refractivity contribution is 0.628. The van der Waals surface area contributed by atoms with Gasteiger partial charge in [0.1, 0.15) is 5.82 Å². The number of hydrogen-bond acceptors (Lipinski definition) is 1. The van der Waals surface area contributed by atoms with Crippen molar-refractivity contribution in [2.24, 2.45) is 0 Å². The highest BCUT2D eigenvalue weighted by atomic mass is 79.9. The molecule has 0 fully saturated rings. The van der Waals surface area contributed by atoms with E-state index in [4.69, 9.17) is 0 Å². The third-order valence-electron chi connectivity index (χ3n) is 2.73. The molecule has 0 saturated heterocycles. The van der Waals surface area contributed by atoms with Gasteiger partial charge >= 0.3 is 0 Å². The molecule has 0 amide bonds. The standard InChI is InChI=1S/C15H14BrFS/c1-2-11(10-16)9-14-7-8-15(18-14)12-3-5-13(17)6-4-12/h3-9H,2,10H2,1H3. The van der Waals surface area contributed by atoms with E-state index in [0.29, 0.717) is 0 Å². The van der Waals surface area contributed by atoms with Gasteiger partial charge in [-0.05, 0) is 42.3 Å². The molecule has 0 radical (unpaired) electrons. The second kappa shape index (κ2) is 6.30. The van der Waals surface area contributed by atoms with Crippen LogP contribution >= 0.6 is 27.3 Å². The molecule has 0 aliphatic heterocycles. The predicted octanol–water partition coefficient (Wildman–Crippen LogP) is 5.74. The van der Waals surface area contributed by atoms with Crippen LogP contribution in [-0.2, 0) is 0 Å². The Bertz CT molecular complexity index is 534. The molecule has 1 heterocycles. The number of allylic oxidation sites excluding steroid dienone is 1. The quantitative estimate of drug-likeness (QED) is 0.629. The topological polar surface area (TPSA) is 0 Å². The number of hydrogen-bond donors (Lipinski definition) is 0. The normalized spacial score (nSPS) is 11.8. The Hall–Kier alpha value is -0.930. The Balaban J connectivity index is 2.25. The van der Waals surface area contributed by atoms with E-state index in [1.165, 1.54) is 27.5 Å². The fraction of sp³-hybridized carbons (Fsp3) is 0.200. The summed E-state index contributed by atoms with van der Waals surface area (Å²) >= 11 is 5.22. The van der Waals surface area contributed by atoms with Gasteiger partial charge in [-0.25, -0.2) is 4.39 Å². The van der Waals surface area contributed by atoms with Crippen molar-refractivity contribution >= 4 is 33.3 Å². The van der Waals surface area contributed by atoms with Gasteiger partial charge < -0.3 is 0 Å². The molecule has 0 saturated carbocycles. The molecule has 0 aliphatic rings. The third kappa shape index (κ3) is 3.30. The lowest BCUT2D eigenvalue weighted by atomic mass is 10.2. The summed E-state index contributed by atoms with van der Waals surface area (Å²) < 4.78 is 12.9. The molecule has 0 nitrogen and oxygen atoms in total. The van der Waals surface area contributed by atoms with Crippen LogP contribution in [0.2, 0.25) is 0 Å². The van der Waals surface area contributed by atoms with Crippen molar-refractivity contribution in [1.82, 2.24) is 0 Å². The van der Waals surface area contributed by atoms with Crippen LogP contribution < -0.4 is 0 Å². The van der Waals surface area contributed by atoms with Gasteiger partial charge in [-0.1, -0.05) is 40.6 Å². The van der Waals surface area contributed by atoms with Crippen molar-refractivity contribution in [3.63, 3.8) is 0 Å². The van der Waals surface area contributed by atoms with Crippen LogP contribution in [0.4, 0.5) is 4.39 Å². The largest absolute Gasteiger partial charge is 0.207 e. The zero-order valence-electron chi connectivity index (χ0n) is 10.1. The van der Waals surface area contributed by atoms with Gasteiger partial charge in [-0.3, -0.25) is 0 Å². The number of thiophene rings is 1. The average molecular weight is 325 g/mol. The number of halogens is 2. The molecule has 0 bridgehead atoms. The smallest absolute Gasteiger partial charge is 0.123 e. The summed E-state index contributed by atoms with van der Waals surface area (Å²) in [5, 5.41) is 0.910. The molecule has 1 aromatic heterocycles. The van der Waals surface area contributed by atoms with Crippen LogP contribution in [0.5, 0.6) is 0 Å². The Kier molecular flexibility index (Phi) is 4.72. The fourth-order valence-electron chi connectivity index (χ4n) is 1.64. The highest BCUT2D eigenvalue weighted by molar-refractivity contribution is 9.09. The van der Waals surface area contributed by atoms with Crippen LogP contribution in [0.25, 0.3) is 16.5 Å². The Morgan fingerprint density at radius 2 is 1.94 bits per heavy atom. The first kappa shape index (κ1) is 13.5. The number of benzene rings is 1. The van der Waals surface area contributed by atoms with E-state index in [0.717, 1.165) is 17.3 Å². The van der Waals surface area contributed by atoms with E-state index >= 15 is 0 Å². The van der Waals surface area contributed by atoms with Crippen molar-refractivity contribution in [1.29, 1.82) is 0 Å². The summed E-state index contributed by atoms with van der Waals surface area (Å²) in [6, 6.07) is 10.8. The van der Waals surface area contributed by atoms with Crippen LogP contribution in [0, 0.1) is 5.82 Å². The molecule has 3 heteroatoms. The maximum atomic E-state index is 12.9. The molecule has 1 aromatic carbocycles. The first-order valence-electron chi connectivity index (χ1n) is 5.84. The van der Waals surface area contributed by atoms with Gasteiger partial charge in [0.15, 0.2) is 0 Å². The highest BCUT2D eigenvalue weighted by Crippen LogP contribution is 2.29. The van der Waals surface area contributed by atoms with Crippen molar-refractivity contribution in [3.8, 4) is 10.4 Å². The van der Waals surface area contributed by atoms with Gasteiger partial charge in [0, 0.05) is 15.1 Å². The van der Waals surface area contributed by atoms with Crippen molar-refractivity contribution < 1.29 is 4.39 Å². The predicted molar refractivity (Wildman–Crippen MR) is 81.8 cm³/mol. The van der Waals surface area contributed by atoms with Gasteiger partial charge in [0.2, 0.25) is 0 Å². The molecule has 0 spiro atoms. The SMILES string of the molecule is CCC(=Cc1ccc(-c2ccc(F)cc2)s1)CBr. The minimum atomic E-state index is -0.192. The Morgan fingerprint density at radius 3 is 2.56 bits per heavy atom. The fourth-order valence-corrected chi connectivity index (χ4v) is 3.20. The van der Waals surface area contributed by atoms with Crippen LogP contribution in [0.3, 0.4) is 0 Å². The molecule has 2 rings (SSSR count). The summed E-state index contributed by atoms with van der Waals surface area (Å²) in [4.78, 5) is 2.41. The average Bonchev–Trinajstić information content (AvgIpc) is 2.85. The number of rotatable bonds is 4. The summed E-state index contributed by atoms with van der Waals surface area (Å²) in [7, 11) is 0. The summed E-state index contributed by atoms with van der Waals surface area (Å²) in [5.41, 5.74) is 2.44. The molecule has 0 N–H and O–H groups in total. The van der Waals surface area contributed by atoms with Crippen LogP contribution in [-0.4, -0.2) is 5.33 Å². The molecular weight excluding hydrogens is 311 g/mol. The summed E-state index contributed by atoms with van der Waals surface area (Å²) in [6.07, 6.45) is 3.27. The lowest BCUT2D eigenvalue weighted by Gasteiger charge is -1.97. The first-order chi connectivity index (χ1) is 8.72. The molecule has 0 aliphatic carbocycles. The second-order valence-electron chi connectivity index (χ2n) is 4.00. The van der Waals surface area contributed by atoms with E-state index in [1.54, 1.807) is 11.3 Å². The molecule has 0 unspecified atom stereocenters. The summed E-state index contributed by atoms with van der Waals surface area (Å²) in [5.74, 6) is -0.192. The highest BCUT2D eigenvalue weighted by Gasteiger charge is 2.02. The van der Waals surface area contributed by atoms with Crippen molar-refractivity contribution in [2.45, 2.75) is 13.3 Å². The second-order valence-corrected chi connectivity index (χ2v) is 5.67. The lowest BCUT2D eigenvalue weighted by Crippen LogP contribution is -1.79. The number of alkyl halides is 1. The van der Waals surface area contributed by atoms with Crippen molar-refractivity contribution in [2.75, 3.05) is 5.33 Å². The zero-order chi connectivity index (χ0) is 13.0. The van der Waals surface area contributed by atoms with Gasteiger partial charge in [-0.15, -0.1) is 11.3 Å². The van der Waals surface area contributed by atoms with Crippen LogP contribution in [0.1, 0.15) is 18.2 Å². The zero-order valence-corrected chi connectivity index (χ0v) is 12.5. The minimum Gasteiger partial charge on any atom is -0.207 e. The maximum Gasteiger partial charge on any atom is 0.123 e. The van der Waals surface area contributed by atoms with Gasteiger partial charge in [0.25, 0.3) is 0 Å². The molecule has 18 heavy (non-hydrogen) atoms. The maximum absolute atomic E-state index is 12.9. The van der Waals surface area contributed by atoms with Gasteiger partial charge in [0.05, 0.1) is 0 Å². The molecule has 2 aromatic rings.